The third kappa shape index (κ3) is 4.39. The van der Waals surface area contributed by atoms with Crippen molar-refractivity contribution in [2.45, 2.75) is 38.9 Å². The zero-order chi connectivity index (χ0) is 17.8. The van der Waals surface area contributed by atoms with Crippen LogP contribution in [0.15, 0.2) is 36.4 Å². The van der Waals surface area contributed by atoms with E-state index in [0.717, 1.165) is 36.8 Å². The molecule has 1 amide bonds. The zero-order valence-corrected chi connectivity index (χ0v) is 14.1. The maximum absolute atomic E-state index is 13.9. The Morgan fingerprint density at radius 1 is 1.32 bits per heavy atom. The second-order valence-electron chi connectivity index (χ2n) is 6.33. The van der Waals surface area contributed by atoms with E-state index in [4.69, 9.17) is 0 Å². The molecule has 1 fully saturated rings. The molecule has 0 radical (unpaired) electrons. The molecule has 3 rings (SSSR count). The lowest BCUT2D eigenvalue weighted by molar-refractivity contribution is -0.119. The Bertz CT molecular complexity index is 766. The van der Waals surface area contributed by atoms with Crippen molar-refractivity contribution in [1.82, 2.24) is 15.2 Å². The molecule has 2 aromatic rings. The number of amides is 1. The number of hydrogen-bond donors (Lipinski definition) is 1. The van der Waals surface area contributed by atoms with Crippen LogP contribution in [-0.2, 0) is 17.9 Å². The molecule has 6 heteroatoms. The molecule has 4 nitrogen and oxygen atoms in total. The number of halogens is 2. The van der Waals surface area contributed by atoms with Crippen LogP contribution >= 0.6 is 0 Å². The van der Waals surface area contributed by atoms with Crippen molar-refractivity contribution in [3.8, 4) is 0 Å². The molecule has 1 aliphatic rings. The van der Waals surface area contributed by atoms with Gasteiger partial charge >= 0.3 is 0 Å². The average Bonchev–Trinajstić information content (AvgIpc) is 3.05. The van der Waals surface area contributed by atoms with E-state index < -0.39 is 5.82 Å². The molecule has 25 heavy (non-hydrogen) atoms. The minimum absolute atomic E-state index is 0.0694. The fraction of sp³-hybridized carbons (Fsp3) is 0.368. The molecule has 2 heterocycles. The van der Waals surface area contributed by atoms with E-state index in [1.807, 2.05) is 18.2 Å². The standard InChI is InChI=1S/C19H21F2N3O/c1-13(25)22-11-16-4-2-5-18(23-16)19-6-3-9-24(19)12-14-10-15(20)7-8-17(14)21/h2,4-5,7-8,10,19H,3,6,9,11-12H2,1H3,(H,22,25). The van der Waals surface area contributed by atoms with Gasteiger partial charge in [0.05, 0.1) is 24.0 Å². The van der Waals surface area contributed by atoms with Crippen LogP contribution in [0.25, 0.3) is 0 Å². The Labute approximate surface area is 145 Å². The van der Waals surface area contributed by atoms with E-state index in [0.29, 0.717) is 18.7 Å². The maximum Gasteiger partial charge on any atom is 0.217 e. The third-order valence-corrected chi connectivity index (χ3v) is 4.43. The zero-order valence-electron chi connectivity index (χ0n) is 14.1. The molecule has 1 aliphatic heterocycles. The van der Waals surface area contributed by atoms with Crippen molar-refractivity contribution in [2.24, 2.45) is 0 Å². The van der Waals surface area contributed by atoms with Crippen molar-refractivity contribution in [3.63, 3.8) is 0 Å². The van der Waals surface area contributed by atoms with Gasteiger partial charge in [-0.05, 0) is 49.7 Å². The van der Waals surface area contributed by atoms with E-state index in [-0.39, 0.29) is 17.8 Å². The SMILES string of the molecule is CC(=O)NCc1cccc(C2CCCN2Cc2cc(F)ccc2F)n1. The van der Waals surface area contributed by atoms with Crippen molar-refractivity contribution in [2.75, 3.05) is 6.54 Å². The van der Waals surface area contributed by atoms with E-state index in [9.17, 15) is 13.6 Å². The van der Waals surface area contributed by atoms with Crippen LogP contribution in [0.1, 0.15) is 42.8 Å². The normalized spacial score (nSPS) is 17.6. The Hall–Kier alpha value is -2.34. The highest BCUT2D eigenvalue weighted by molar-refractivity contribution is 5.72. The highest BCUT2D eigenvalue weighted by Crippen LogP contribution is 2.32. The van der Waals surface area contributed by atoms with Gasteiger partial charge in [0.2, 0.25) is 5.91 Å². The first-order valence-corrected chi connectivity index (χ1v) is 8.41. The first-order chi connectivity index (χ1) is 12.0. The van der Waals surface area contributed by atoms with E-state index >= 15 is 0 Å². The number of pyridine rings is 1. The Kier molecular flexibility index (Phi) is 5.38. The van der Waals surface area contributed by atoms with E-state index in [1.165, 1.54) is 19.1 Å². The van der Waals surface area contributed by atoms with Crippen molar-refractivity contribution in [3.05, 3.63) is 65.0 Å². The van der Waals surface area contributed by atoms with E-state index in [2.05, 4.69) is 15.2 Å². The Morgan fingerprint density at radius 2 is 2.16 bits per heavy atom. The van der Waals surface area contributed by atoms with Gasteiger partial charge < -0.3 is 5.32 Å². The summed E-state index contributed by atoms with van der Waals surface area (Å²) in [5, 5.41) is 2.74. The largest absolute Gasteiger partial charge is 0.351 e. The van der Waals surface area contributed by atoms with Gasteiger partial charge in [-0.25, -0.2) is 8.78 Å². The van der Waals surface area contributed by atoms with Crippen LogP contribution in [0.3, 0.4) is 0 Å². The van der Waals surface area contributed by atoms with Crippen molar-refractivity contribution >= 4 is 5.91 Å². The van der Waals surface area contributed by atoms with Crippen LogP contribution in [0, 0.1) is 11.6 Å². The van der Waals surface area contributed by atoms with Crippen LogP contribution < -0.4 is 5.32 Å². The average molecular weight is 345 g/mol. The molecule has 1 N–H and O–H groups in total. The first-order valence-electron chi connectivity index (χ1n) is 8.41. The van der Waals surface area contributed by atoms with Crippen LogP contribution in [0.2, 0.25) is 0 Å². The van der Waals surface area contributed by atoms with Gasteiger partial charge in [0.1, 0.15) is 11.6 Å². The minimum Gasteiger partial charge on any atom is -0.351 e. The molecule has 1 saturated heterocycles. The summed E-state index contributed by atoms with van der Waals surface area (Å²) in [6, 6.07) is 9.35. The lowest BCUT2D eigenvalue weighted by Gasteiger charge is -2.24. The molecular formula is C19H21F2N3O. The minimum atomic E-state index is -0.428. The van der Waals surface area contributed by atoms with Gasteiger partial charge in [0, 0.05) is 19.0 Å². The number of carbonyl (C=O) groups excluding carboxylic acids is 1. The van der Waals surface area contributed by atoms with Gasteiger partial charge in [-0.3, -0.25) is 14.7 Å². The molecule has 0 aliphatic carbocycles. The first kappa shape index (κ1) is 17.5. The van der Waals surface area contributed by atoms with Crippen LogP contribution in [0.4, 0.5) is 8.78 Å². The lowest BCUT2D eigenvalue weighted by atomic mass is 10.1. The smallest absolute Gasteiger partial charge is 0.217 e. The maximum atomic E-state index is 13.9. The topological polar surface area (TPSA) is 45.2 Å². The molecule has 0 saturated carbocycles. The van der Waals surface area contributed by atoms with Crippen molar-refractivity contribution in [1.29, 1.82) is 0 Å². The van der Waals surface area contributed by atoms with Gasteiger partial charge in [0.15, 0.2) is 0 Å². The van der Waals surface area contributed by atoms with Gasteiger partial charge in [-0.15, -0.1) is 0 Å². The monoisotopic (exact) mass is 345 g/mol. The molecule has 1 atom stereocenters. The molecule has 0 bridgehead atoms. The Morgan fingerprint density at radius 3 is 2.96 bits per heavy atom. The number of likely N-dealkylation sites (tertiary alicyclic amines) is 1. The molecule has 1 aromatic heterocycles. The van der Waals surface area contributed by atoms with Crippen LogP contribution in [0.5, 0.6) is 0 Å². The predicted molar refractivity (Wildman–Crippen MR) is 90.5 cm³/mol. The number of nitrogens with one attached hydrogen (secondary N) is 1. The fourth-order valence-corrected chi connectivity index (χ4v) is 3.23. The summed E-state index contributed by atoms with van der Waals surface area (Å²) in [4.78, 5) is 17.8. The predicted octanol–water partition coefficient (Wildman–Crippen LogP) is 3.33. The van der Waals surface area contributed by atoms with E-state index in [1.54, 1.807) is 0 Å². The quantitative estimate of drug-likeness (QED) is 0.904. The second-order valence-corrected chi connectivity index (χ2v) is 6.33. The number of benzene rings is 1. The summed E-state index contributed by atoms with van der Waals surface area (Å²) in [5.74, 6) is -0.918. The van der Waals surface area contributed by atoms with Gasteiger partial charge in [-0.2, -0.15) is 0 Å². The fourth-order valence-electron chi connectivity index (χ4n) is 3.23. The van der Waals surface area contributed by atoms with Crippen molar-refractivity contribution < 1.29 is 13.6 Å². The number of nitrogens with zero attached hydrogens (tertiary/aromatic N) is 2. The molecule has 1 unspecified atom stereocenters. The Balaban J connectivity index is 1.76. The third-order valence-electron chi connectivity index (χ3n) is 4.43. The summed E-state index contributed by atoms with van der Waals surface area (Å²) in [6.07, 6.45) is 1.91. The second kappa shape index (κ2) is 7.70. The molecular weight excluding hydrogens is 324 g/mol. The summed E-state index contributed by atoms with van der Waals surface area (Å²) in [6.45, 7) is 3.02. The summed E-state index contributed by atoms with van der Waals surface area (Å²) in [5.41, 5.74) is 2.05. The summed E-state index contributed by atoms with van der Waals surface area (Å²) >= 11 is 0. The molecule has 1 aromatic carbocycles. The van der Waals surface area contributed by atoms with Gasteiger partial charge in [-0.1, -0.05) is 6.07 Å². The molecule has 0 spiro atoms. The number of aromatic nitrogens is 1. The van der Waals surface area contributed by atoms with Gasteiger partial charge in [0.25, 0.3) is 0 Å². The molecule has 132 valence electrons. The highest BCUT2D eigenvalue weighted by atomic mass is 19.1. The number of carbonyl (C=O) groups is 1. The number of hydrogen-bond acceptors (Lipinski definition) is 3. The summed E-state index contributed by atoms with van der Waals surface area (Å²) in [7, 11) is 0. The summed E-state index contributed by atoms with van der Waals surface area (Å²) < 4.78 is 27.4. The number of rotatable bonds is 5. The van der Waals surface area contributed by atoms with Crippen LogP contribution in [-0.4, -0.2) is 22.3 Å². The highest BCUT2D eigenvalue weighted by Gasteiger charge is 2.28. The lowest BCUT2D eigenvalue weighted by Crippen LogP contribution is -2.25.